The van der Waals surface area contributed by atoms with Crippen LogP contribution in [-0.4, -0.2) is 19.5 Å². The van der Waals surface area contributed by atoms with E-state index in [1.165, 1.54) is 19.3 Å². The first kappa shape index (κ1) is 11.9. The minimum absolute atomic E-state index is 0.359. The second kappa shape index (κ2) is 4.07. The number of fused-ring (bicyclic) bond motifs is 2. The molecule has 2 aromatic rings. The maximum absolute atomic E-state index is 11.9. The first-order valence-electron chi connectivity index (χ1n) is 7.43. The minimum atomic E-state index is -0.363. The number of hydrogen-bond acceptors (Lipinski definition) is 3. The van der Waals surface area contributed by atoms with Crippen LogP contribution in [0.3, 0.4) is 0 Å². The zero-order chi connectivity index (χ0) is 13.9. The van der Waals surface area contributed by atoms with Crippen molar-refractivity contribution < 1.29 is 0 Å². The van der Waals surface area contributed by atoms with Crippen molar-refractivity contribution in [3.05, 3.63) is 26.7 Å². The molecular formula is C14H18N4O2. The van der Waals surface area contributed by atoms with E-state index >= 15 is 0 Å². The van der Waals surface area contributed by atoms with Gasteiger partial charge in [-0.05, 0) is 31.1 Å². The molecule has 106 valence electrons. The molecule has 0 saturated heterocycles. The predicted octanol–water partition coefficient (Wildman–Crippen LogP) is 1.34. The molecular weight excluding hydrogens is 256 g/mol. The Bertz CT molecular complexity index is 775. The van der Waals surface area contributed by atoms with E-state index in [2.05, 4.69) is 15.0 Å². The molecule has 6 nitrogen and oxygen atoms in total. The fraction of sp³-hybridized carbons (Fsp3) is 0.643. The third kappa shape index (κ3) is 1.53. The monoisotopic (exact) mass is 274 g/mol. The highest BCUT2D eigenvalue weighted by Gasteiger charge is 2.54. The molecule has 20 heavy (non-hydrogen) atoms. The fourth-order valence-corrected chi connectivity index (χ4v) is 3.87. The molecule has 4 rings (SSSR count). The molecule has 0 bridgehead atoms. The van der Waals surface area contributed by atoms with Crippen LogP contribution in [0, 0.1) is 11.8 Å². The van der Waals surface area contributed by atoms with E-state index in [0.717, 1.165) is 24.1 Å². The van der Waals surface area contributed by atoms with Crippen LogP contribution in [-0.2, 0) is 6.54 Å². The van der Waals surface area contributed by atoms with Crippen LogP contribution in [0.1, 0.15) is 44.3 Å². The Morgan fingerprint density at radius 3 is 2.70 bits per heavy atom. The van der Waals surface area contributed by atoms with Crippen molar-refractivity contribution in [2.45, 2.75) is 45.1 Å². The van der Waals surface area contributed by atoms with Gasteiger partial charge in [-0.3, -0.25) is 14.3 Å². The molecule has 6 heteroatoms. The molecule has 2 aromatic heterocycles. The Kier molecular flexibility index (Phi) is 2.43. The van der Waals surface area contributed by atoms with Crippen molar-refractivity contribution in [3.8, 4) is 0 Å². The van der Waals surface area contributed by atoms with Crippen molar-refractivity contribution in [3.63, 3.8) is 0 Å². The van der Waals surface area contributed by atoms with Crippen LogP contribution in [0.4, 0.5) is 0 Å². The zero-order valence-corrected chi connectivity index (χ0v) is 11.5. The van der Waals surface area contributed by atoms with E-state index in [4.69, 9.17) is 0 Å². The summed E-state index contributed by atoms with van der Waals surface area (Å²) < 4.78 is 1.56. The molecule has 0 aromatic carbocycles. The molecule has 2 fully saturated rings. The smallest absolute Gasteiger partial charge is 0.330 e. The summed E-state index contributed by atoms with van der Waals surface area (Å²) in [5, 5.41) is 0. The Labute approximate surface area is 115 Å². The van der Waals surface area contributed by atoms with Gasteiger partial charge in [-0.2, -0.15) is 0 Å². The molecule has 0 amide bonds. The number of rotatable bonds is 3. The number of H-pyrrole nitrogens is 2. The number of nitrogens with one attached hydrogen (secondary N) is 2. The molecule has 2 unspecified atom stereocenters. The van der Waals surface area contributed by atoms with Crippen LogP contribution in [0.15, 0.2) is 9.59 Å². The normalized spacial score (nSPS) is 27.9. The molecule has 2 aliphatic carbocycles. The average molecular weight is 274 g/mol. The first-order chi connectivity index (χ1) is 9.70. The Morgan fingerprint density at radius 2 is 2.00 bits per heavy atom. The van der Waals surface area contributed by atoms with Crippen LogP contribution in [0.25, 0.3) is 11.2 Å². The van der Waals surface area contributed by atoms with Gasteiger partial charge in [0.05, 0.1) is 0 Å². The Morgan fingerprint density at radius 1 is 1.25 bits per heavy atom. The van der Waals surface area contributed by atoms with Crippen molar-refractivity contribution in [1.29, 1.82) is 0 Å². The standard InChI is InChI=1S/C14H18N4O2/c1-2-6-18-12-10(13(19)17-14(18)20)15-11(16-12)9-7-4-3-5-8(7)9/h7-9H,2-6H2,1H3,(H,15,16)(H,17,19,20). The van der Waals surface area contributed by atoms with Crippen molar-refractivity contribution in [2.75, 3.05) is 0 Å². The lowest BCUT2D eigenvalue weighted by Crippen LogP contribution is -2.30. The van der Waals surface area contributed by atoms with Crippen molar-refractivity contribution >= 4 is 11.2 Å². The SMILES string of the molecule is CCCn1c(=O)[nH]c(=O)c2[nH]c(C3C4CCCC43)nc21. The highest BCUT2D eigenvalue weighted by Crippen LogP contribution is 2.62. The van der Waals surface area contributed by atoms with Gasteiger partial charge >= 0.3 is 5.69 Å². The van der Waals surface area contributed by atoms with Gasteiger partial charge in [0.1, 0.15) is 11.3 Å². The summed E-state index contributed by atoms with van der Waals surface area (Å²) in [5.41, 5.74) is 0.235. The molecule has 2 atom stereocenters. The van der Waals surface area contributed by atoms with E-state index in [1.807, 2.05) is 6.92 Å². The van der Waals surface area contributed by atoms with Gasteiger partial charge in [0.25, 0.3) is 5.56 Å². The number of aryl methyl sites for hydroxylation is 1. The third-order valence-electron chi connectivity index (χ3n) is 4.82. The largest absolute Gasteiger partial charge is 0.336 e. The molecule has 2 heterocycles. The van der Waals surface area contributed by atoms with Crippen molar-refractivity contribution in [1.82, 2.24) is 19.5 Å². The van der Waals surface area contributed by atoms with Gasteiger partial charge < -0.3 is 4.98 Å². The molecule has 2 saturated carbocycles. The lowest BCUT2D eigenvalue weighted by Gasteiger charge is -2.02. The van der Waals surface area contributed by atoms with Crippen LogP contribution >= 0.6 is 0 Å². The number of nitrogens with zero attached hydrogens (tertiary/aromatic N) is 2. The van der Waals surface area contributed by atoms with Gasteiger partial charge in [-0.1, -0.05) is 13.3 Å². The molecule has 2 N–H and O–H groups in total. The third-order valence-corrected chi connectivity index (χ3v) is 4.82. The zero-order valence-electron chi connectivity index (χ0n) is 11.5. The van der Waals surface area contributed by atoms with E-state index in [0.29, 0.717) is 23.6 Å². The van der Waals surface area contributed by atoms with Crippen LogP contribution in [0.5, 0.6) is 0 Å². The van der Waals surface area contributed by atoms with E-state index < -0.39 is 0 Å². The molecule has 0 aliphatic heterocycles. The van der Waals surface area contributed by atoms with Crippen molar-refractivity contribution in [2.24, 2.45) is 11.8 Å². The summed E-state index contributed by atoms with van der Waals surface area (Å²) in [4.78, 5) is 33.9. The Balaban J connectivity index is 1.86. The second-order valence-corrected chi connectivity index (χ2v) is 6.02. The maximum atomic E-state index is 11.9. The minimum Gasteiger partial charge on any atom is -0.336 e. The number of aromatic amines is 2. The summed E-state index contributed by atoms with van der Waals surface area (Å²) in [6.07, 6.45) is 4.68. The maximum Gasteiger partial charge on any atom is 0.330 e. The number of hydrogen-bond donors (Lipinski definition) is 2. The highest BCUT2D eigenvalue weighted by molar-refractivity contribution is 5.70. The second-order valence-electron chi connectivity index (χ2n) is 6.02. The lowest BCUT2D eigenvalue weighted by molar-refractivity contribution is 0.647. The van der Waals surface area contributed by atoms with Gasteiger partial charge in [0, 0.05) is 12.5 Å². The van der Waals surface area contributed by atoms with Gasteiger partial charge in [0.2, 0.25) is 0 Å². The molecule has 0 radical (unpaired) electrons. The molecule has 2 aliphatic rings. The van der Waals surface area contributed by atoms with Crippen LogP contribution in [0.2, 0.25) is 0 Å². The summed E-state index contributed by atoms with van der Waals surface area (Å²) in [6.45, 7) is 2.58. The van der Waals surface area contributed by atoms with Gasteiger partial charge in [-0.15, -0.1) is 0 Å². The average Bonchev–Trinajstić information content (AvgIpc) is 2.84. The van der Waals surface area contributed by atoms with Gasteiger partial charge in [0.15, 0.2) is 5.65 Å². The summed E-state index contributed by atoms with van der Waals surface area (Å²) in [6, 6.07) is 0. The summed E-state index contributed by atoms with van der Waals surface area (Å²) >= 11 is 0. The van der Waals surface area contributed by atoms with Gasteiger partial charge in [-0.25, -0.2) is 9.78 Å². The molecule has 0 spiro atoms. The number of aromatic nitrogens is 4. The van der Waals surface area contributed by atoms with Crippen LogP contribution < -0.4 is 11.2 Å². The highest BCUT2D eigenvalue weighted by atomic mass is 16.2. The first-order valence-corrected chi connectivity index (χ1v) is 7.43. The Hall–Kier alpha value is -1.85. The van der Waals surface area contributed by atoms with E-state index in [1.54, 1.807) is 4.57 Å². The summed E-state index contributed by atoms with van der Waals surface area (Å²) in [5.74, 6) is 2.85. The van der Waals surface area contributed by atoms with E-state index in [-0.39, 0.29) is 11.2 Å². The predicted molar refractivity (Wildman–Crippen MR) is 74.8 cm³/mol. The summed E-state index contributed by atoms with van der Waals surface area (Å²) in [7, 11) is 0. The topological polar surface area (TPSA) is 83.5 Å². The lowest BCUT2D eigenvalue weighted by atomic mass is 10.1. The van der Waals surface area contributed by atoms with E-state index in [9.17, 15) is 9.59 Å². The fourth-order valence-electron chi connectivity index (χ4n) is 3.87. The quantitative estimate of drug-likeness (QED) is 0.885. The number of imidazole rings is 1.